The summed E-state index contributed by atoms with van der Waals surface area (Å²) in [6, 6.07) is 5.71. The number of aliphatic carboxylic acids is 1. The number of amidine groups is 1. The van der Waals surface area contributed by atoms with E-state index in [1.807, 2.05) is 0 Å². The van der Waals surface area contributed by atoms with Crippen LogP contribution in [0.5, 0.6) is 0 Å². The number of carbonyl (C=O) groups is 4. The van der Waals surface area contributed by atoms with Crippen molar-refractivity contribution in [2.75, 3.05) is 6.54 Å². The first-order chi connectivity index (χ1) is 14.5. The van der Waals surface area contributed by atoms with Crippen LogP contribution in [0.2, 0.25) is 0 Å². The van der Waals surface area contributed by atoms with Crippen LogP contribution in [0.25, 0.3) is 0 Å². The molecule has 3 amide bonds. The molecule has 0 bridgehead atoms. The van der Waals surface area contributed by atoms with Gasteiger partial charge in [0, 0.05) is 4.75 Å². The van der Waals surface area contributed by atoms with Crippen LogP contribution >= 0.6 is 11.8 Å². The van der Waals surface area contributed by atoms with Crippen molar-refractivity contribution in [3.63, 3.8) is 0 Å². The molecular weight excluding hydrogens is 422 g/mol. The van der Waals surface area contributed by atoms with Crippen LogP contribution < -0.4 is 16.0 Å². The number of thioether (sulfide) groups is 1. The van der Waals surface area contributed by atoms with Gasteiger partial charge in [-0.1, -0.05) is 30.3 Å². The Morgan fingerprint density at radius 3 is 2.48 bits per heavy atom. The Bertz CT molecular complexity index is 922. The number of carboxylic acids is 1. The molecule has 166 valence electrons. The molecule has 2 fully saturated rings. The molecule has 0 aliphatic carbocycles. The molecule has 2 aliphatic heterocycles. The third-order valence-corrected chi connectivity index (χ3v) is 6.76. The number of carboxylic acid groups (broad SMARTS) is 1. The molecule has 0 radical (unpaired) electrons. The van der Waals surface area contributed by atoms with Crippen LogP contribution in [0.4, 0.5) is 0 Å². The minimum Gasteiger partial charge on any atom is -0.480 e. The van der Waals surface area contributed by atoms with Crippen LogP contribution in [0.1, 0.15) is 32.4 Å². The zero-order valence-corrected chi connectivity index (χ0v) is 18.2. The van der Waals surface area contributed by atoms with Gasteiger partial charge in [-0.05, 0) is 26.3 Å². The van der Waals surface area contributed by atoms with E-state index in [4.69, 9.17) is 5.41 Å². The average Bonchev–Trinajstić information content (AvgIpc) is 2.97. The lowest BCUT2D eigenvalue weighted by Crippen LogP contribution is -2.71. The number of benzene rings is 1. The first-order valence-corrected chi connectivity index (χ1v) is 10.6. The molecule has 2 aliphatic rings. The summed E-state index contributed by atoms with van der Waals surface area (Å²) in [7, 11) is 0. The molecule has 2 saturated heterocycles. The Balaban J connectivity index is 1.74. The van der Waals surface area contributed by atoms with Crippen molar-refractivity contribution in [3.05, 3.63) is 35.9 Å². The van der Waals surface area contributed by atoms with Crippen LogP contribution in [-0.4, -0.2) is 68.3 Å². The lowest BCUT2D eigenvalue weighted by molar-refractivity contribution is -0.161. The number of nitrogens with zero attached hydrogens (tertiary/aromatic N) is 1. The summed E-state index contributed by atoms with van der Waals surface area (Å²) in [4.78, 5) is 50.9. The number of rotatable bonds is 7. The van der Waals surface area contributed by atoms with Gasteiger partial charge in [0.15, 0.2) is 0 Å². The number of hydrogen-bond donors (Lipinski definition) is 5. The predicted molar refractivity (Wildman–Crippen MR) is 114 cm³/mol. The summed E-state index contributed by atoms with van der Waals surface area (Å²) in [6.45, 7) is 4.83. The maximum absolute atomic E-state index is 13.0. The van der Waals surface area contributed by atoms with Gasteiger partial charge in [0.1, 0.15) is 23.5 Å². The zero-order chi connectivity index (χ0) is 22.9. The van der Waals surface area contributed by atoms with E-state index in [0.29, 0.717) is 5.56 Å². The van der Waals surface area contributed by atoms with Gasteiger partial charge in [-0.2, -0.15) is 0 Å². The first-order valence-electron chi connectivity index (χ1n) is 9.69. The highest BCUT2D eigenvalue weighted by atomic mass is 32.2. The summed E-state index contributed by atoms with van der Waals surface area (Å²) < 4.78 is -0.699. The third kappa shape index (κ3) is 4.50. The molecule has 0 aromatic heterocycles. The standard InChI is InChI=1S/C20H25N5O5S/c1-10(21)22-9-12(26)23-13(11-7-5-4-6-8-11)16(27)24-14-17(28)25-15(19(29)30)20(2,3)31-18(14)25/h4-8,13-15,18H,9H2,1-3H3,(H2,21,22)(H,23,26)(H,24,27)(H,29,30)/t13?,14-,15+,18-/m1/s1. The van der Waals surface area contributed by atoms with E-state index in [0.717, 1.165) is 0 Å². The molecule has 4 atom stereocenters. The number of carbonyl (C=O) groups excluding carboxylic acids is 3. The van der Waals surface area contributed by atoms with Gasteiger partial charge in [-0.3, -0.25) is 19.8 Å². The van der Waals surface area contributed by atoms with Gasteiger partial charge in [-0.25, -0.2) is 4.79 Å². The monoisotopic (exact) mass is 447 g/mol. The number of fused-ring (bicyclic) bond motifs is 1. The Hall–Kier alpha value is -3.08. The lowest BCUT2D eigenvalue weighted by Gasteiger charge is -2.44. The van der Waals surface area contributed by atoms with Gasteiger partial charge in [-0.15, -0.1) is 11.8 Å². The largest absolute Gasteiger partial charge is 0.480 e. The van der Waals surface area contributed by atoms with Crippen molar-refractivity contribution in [2.45, 2.75) is 49.0 Å². The molecule has 1 aromatic rings. The van der Waals surface area contributed by atoms with Crippen LogP contribution in [-0.2, 0) is 19.2 Å². The van der Waals surface area contributed by atoms with Gasteiger partial charge in [0.2, 0.25) is 17.7 Å². The Kier molecular flexibility index (Phi) is 6.25. The highest BCUT2D eigenvalue weighted by Gasteiger charge is 2.64. The van der Waals surface area contributed by atoms with Gasteiger partial charge >= 0.3 is 5.97 Å². The van der Waals surface area contributed by atoms with Crippen LogP contribution in [0.15, 0.2) is 30.3 Å². The summed E-state index contributed by atoms with van der Waals surface area (Å²) >= 11 is 1.33. The summed E-state index contributed by atoms with van der Waals surface area (Å²) in [6.07, 6.45) is 0. The van der Waals surface area contributed by atoms with E-state index in [1.165, 1.54) is 23.6 Å². The van der Waals surface area contributed by atoms with E-state index < -0.39 is 51.9 Å². The molecule has 31 heavy (non-hydrogen) atoms. The summed E-state index contributed by atoms with van der Waals surface area (Å²) in [5.74, 6) is -2.48. The first kappa shape index (κ1) is 22.6. The van der Waals surface area contributed by atoms with Crippen molar-refractivity contribution < 1.29 is 24.3 Å². The van der Waals surface area contributed by atoms with E-state index in [1.54, 1.807) is 44.2 Å². The van der Waals surface area contributed by atoms with Crippen molar-refractivity contribution in [3.8, 4) is 0 Å². The normalized spacial score (nSPS) is 24.4. The molecule has 0 spiro atoms. The smallest absolute Gasteiger partial charge is 0.327 e. The van der Waals surface area contributed by atoms with Crippen molar-refractivity contribution >= 4 is 41.3 Å². The van der Waals surface area contributed by atoms with E-state index in [9.17, 15) is 24.3 Å². The van der Waals surface area contributed by atoms with Gasteiger partial charge < -0.3 is 26.0 Å². The van der Waals surface area contributed by atoms with Crippen molar-refractivity contribution in [1.82, 2.24) is 20.9 Å². The second-order valence-electron chi connectivity index (χ2n) is 7.97. The molecule has 5 N–H and O–H groups in total. The second-order valence-corrected chi connectivity index (χ2v) is 9.75. The highest BCUT2D eigenvalue weighted by molar-refractivity contribution is 8.01. The van der Waals surface area contributed by atoms with Gasteiger partial charge in [0.25, 0.3) is 0 Å². The van der Waals surface area contributed by atoms with Crippen LogP contribution in [0.3, 0.4) is 0 Å². The quantitative estimate of drug-likeness (QED) is 0.225. The molecule has 3 rings (SSSR count). The van der Waals surface area contributed by atoms with E-state index in [-0.39, 0.29) is 12.4 Å². The maximum atomic E-state index is 13.0. The van der Waals surface area contributed by atoms with Crippen molar-refractivity contribution in [1.29, 1.82) is 5.41 Å². The summed E-state index contributed by atoms with van der Waals surface area (Å²) in [5.41, 5.74) is 0.534. The molecule has 11 heteroatoms. The van der Waals surface area contributed by atoms with Crippen LogP contribution in [0, 0.1) is 5.41 Å². The topological polar surface area (TPSA) is 152 Å². The number of amides is 3. The molecule has 1 unspecified atom stereocenters. The third-order valence-electron chi connectivity index (χ3n) is 5.19. The Labute approximate surface area is 183 Å². The molecule has 1 aromatic carbocycles. The number of β-lactam (4-membered cyclic amide) rings is 1. The van der Waals surface area contributed by atoms with Crippen molar-refractivity contribution in [2.24, 2.45) is 0 Å². The predicted octanol–water partition coefficient (Wildman–Crippen LogP) is 0.0624. The molecule has 2 heterocycles. The Morgan fingerprint density at radius 2 is 1.90 bits per heavy atom. The highest BCUT2D eigenvalue weighted by Crippen LogP contribution is 2.50. The van der Waals surface area contributed by atoms with Gasteiger partial charge in [0.05, 0.1) is 12.4 Å². The van der Waals surface area contributed by atoms with E-state index >= 15 is 0 Å². The Morgan fingerprint density at radius 1 is 1.26 bits per heavy atom. The fourth-order valence-electron chi connectivity index (χ4n) is 3.75. The maximum Gasteiger partial charge on any atom is 0.327 e. The summed E-state index contributed by atoms with van der Waals surface area (Å²) in [5, 5.41) is 24.3. The molecular formula is C20H25N5O5S. The SMILES string of the molecule is CC(=N)NCC(=O)NC(C(=O)N[C@@H]1C(=O)N2[C@@H]1SC(C)(C)[C@@H]2C(=O)O)c1ccccc1. The molecule has 10 nitrogen and oxygen atoms in total. The number of nitrogens with one attached hydrogen (secondary N) is 4. The minimum atomic E-state index is -1.08. The fourth-order valence-corrected chi connectivity index (χ4v) is 5.38. The zero-order valence-electron chi connectivity index (χ0n) is 17.3. The minimum absolute atomic E-state index is 0.116. The number of hydrogen-bond acceptors (Lipinski definition) is 6. The average molecular weight is 448 g/mol. The molecule has 0 saturated carbocycles. The lowest BCUT2D eigenvalue weighted by atomic mass is 9.95. The van der Waals surface area contributed by atoms with E-state index in [2.05, 4.69) is 16.0 Å². The second kappa shape index (κ2) is 8.58. The fraction of sp³-hybridized carbons (Fsp3) is 0.450.